The number of allylic oxidation sites excluding steroid dienone is 1. The molecule has 26 valence electrons. The third-order valence-electron chi connectivity index (χ3n) is 0. The zero-order valence-corrected chi connectivity index (χ0v) is 4.81. The molecule has 0 aliphatic heterocycles. The van der Waals surface area contributed by atoms with Crippen LogP contribution in [0.2, 0.25) is 0 Å². The van der Waals surface area contributed by atoms with Gasteiger partial charge in [0.05, 0.1) is 0 Å². The summed E-state index contributed by atoms with van der Waals surface area (Å²) in [7, 11) is 0. The maximum absolute atomic E-state index is 3.36. The molecule has 0 aliphatic carbocycles. The second-order valence-corrected chi connectivity index (χ2v) is 0.408. The van der Waals surface area contributed by atoms with Crippen molar-refractivity contribution in [2.45, 2.75) is 6.92 Å². The summed E-state index contributed by atoms with van der Waals surface area (Å²) in [4.78, 5) is 0. The zero-order valence-electron chi connectivity index (χ0n) is 3.40. The van der Waals surface area contributed by atoms with Crippen LogP contribution in [-0.2, 0) is 5.48 Å². The van der Waals surface area contributed by atoms with E-state index in [0.29, 0.717) is 0 Å². The molecule has 0 aliphatic rings. The van der Waals surface area contributed by atoms with Crippen LogP contribution in [0.3, 0.4) is 0 Å². The Morgan fingerprint density at radius 2 is 1.60 bits per heavy atom. The van der Waals surface area contributed by atoms with Crippen molar-refractivity contribution in [1.82, 2.24) is 0 Å². The molecule has 0 unspecified atom stereocenters. The van der Waals surface area contributed by atoms with Gasteiger partial charge in [0, 0.05) is 0 Å². The Kier molecular flexibility index (Phi) is 89.5. The van der Waals surface area contributed by atoms with Crippen LogP contribution in [0.15, 0.2) is 12.7 Å². The van der Waals surface area contributed by atoms with Crippen molar-refractivity contribution in [3.63, 3.8) is 0 Å². The van der Waals surface area contributed by atoms with Crippen molar-refractivity contribution >= 4 is 23.1 Å². The van der Waals surface area contributed by atoms with Gasteiger partial charge in [0.2, 0.25) is 0 Å². The van der Waals surface area contributed by atoms with Crippen molar-refractivity contribution in [2.75, 3.05) is 0 Å². The molecule has 0 rings (SSSR count). The average molecular weight is 82.4 g/mol. The molecule has 0 N–H and O–H groups in total. The summed E-state index contributed by atoms with van der Waals surface area (Å²) in [5.74, 6) is 0. The van der Waals surface area contributed by atoms with Gasteiger partial charge in [-0.05, 0) is 6.92 Å². The fraction of sp³-hybridized carbons (Fsp3) is 0.333. The minimum atomic E-state index is 0. The van der Waals surface area contributed by atoms with E-state index in [1.807, 2.05) is 6.92 Å². The summed E-state index contributed by atoms with van der Waals surface area (Å²) < 4.78 is 0. The second-order valence-electron chi connectivity index (χ2n) is 0.408. The topological polar surface area (TPSA) is 28.5 Å². The van der Waals surface area contributed by atoms with Crippen LogP contribution in [0.5, 0.6) is 0 Å². The van der Waals surface area contributed by atoms with Gasteiger partial charge in [0.25, 0.3) is 0 Å². The van der Waals surface area contributed by atoms with Crippen molar-refractivity contribution in [1.29, 1.82) is 0 Å². The molecule has 0 bridgehead atoms. The standard InChI is InChI=1S/C3H6.Mg.O/c1-3-2;;/h3H,1H2,2H3;;/q;+2;-2. The summed E-state index contributed by atoms with van der Waals surface area (Å²) >= 11 is 0. The molecular formula is C3H6MgO. The van der Waals surface area contributed by atoms with E-state index >= 15 is 0 Å². The molecule has 0 radical (unpaired) electrons. The van der Waals surface area contributed by atoms with Crippen LogP contribution >= 0.6 is 0 Å². The first kappa shape index (κ1) is 17.9. The third kappa shape index (κ3) is 125. The molecular weight excluding hydrogens is 76.3 g/mol. The fourth-order valence-corrected chi connectivity index (χ4v) is 0. The van der Waals surface area contributed by atoms with Crippen molar-refractivity contribution in [2.24, 2.45) is 0 Å². The Hall–Kier alpha value is 0.466. The van der Waals surface area contributed by atoms with Crippen LogP contribution in [0.25, 0.3) is 0 Å². The van der Waals surface area contributed by atoms with Gasteiger partial charge in [-0.3, -0.25) is 0 Å². The van der Waals surface area contributed by atoms with E-state index in [0.717, 1.165) is 0 Å². The summed E-state index contributed by atoms with van der Waals surface area (Å²) in [5.41, 5.74) is 0. The first-order valence-electron chi connectivity index (χ1n) is 0.986. The Morgan fingerprint density at radius 3 is 1.60 bits per heavy atom. The van der Waals surface area contributed by atoms with Gasteiger partial charge in [-0.2, -0.15) is 0 Å². The van der Waals surface area contributed by atoms with E-state index in [1.54, 1.807) is 6.08 Å². The Balaban J connectivity index is -0.0000000200. The average Bonchev–Trinajstić information content (AvgIpc) is 0.918. The van der Waals surface area contributed by atoms with Crippen LogP contribution in [0.4, 0.5) is 0 Å². The minimum Gasteiger partial charge on any atom is -2.00 e. The van der Waals surface area contributed by atoms with E-state index in [9.17, 15) is 0 Å². The van der Waals surface area contributed by atoms with E-state index in [2.05, 4.69) is 6.58 Å². The molecule has 0 spiro atoms. The number of hydrogen-bond acceptors (Lipinski definition) is 0. The Labute approximate surface area is 48.5 Å². The second kappa shape index (κ2) is 25.0. The maximum Gasteiger partial charge on any atom is 2.00 e. The first-order valence-corrected chi connectivity index (χ1v) is 0.986. The summed E-state index contributed by atoms with van der Waals surface area (Å²) in [6.07, 6.45) is 1.75. The van der Waals surface area contributed by atoms with E-state index in [4.69, 9.17) is 0 Å². The normalized spacial score (nSPS) is 2.60. The Bertz CT molecular complexity index is 14.4. The monoisotopic (exact) mass is 82.0 g/mol. The van der Waals surface area contributed by atoms with Crippen LogP contribution in [0, 0.1) is 0 Å². The van der Waals surface area contributed by atoms with Gasteiger partial charge in [0.1, 0.15) is 0 Å². The molecule has 0 amide bonds. The summed E-state index contributed by atoms with van der Waals surface area (Å²) in [6.45, 7) is 5.25. The minimum absolute atomic E-state index is 0. The van der Waals surface area contributed by atoms with Gasteiger partial charge in [-0.15, -0.1) is 6.58 Å². The molecule has 5 heavy (non-hydrogen) atoms. The summed E-state index contributed by atoms with van der Waals surface area (Å²) in [5, 5.41) is 0. The smallest absolute Gasteiger partial charge is 2.00 e. The Morgan fingerprint density at radius 1 is 1.60 bits per heavy atom. The maximum atomic E-state index is 3.36. The number of hydrogen-bond donors (Lipinski definition) is 0. The van der Waals surface area contributed by atoms with Crippen LogP contribution in [0.1, 0.15) is 6.92 Å². The molecule has 0 aromatic rings. The third-order valence-corrected chi connectivity index (χ3v) is 0. The molecule has 0 aromatic carbocycles. The van der Waals surface area contributed by atoms with Crippen molar-refractivity contribution in [3.8, 4) is 0 Å². The first-order chi connectivity index (χ1) is 1.41. The SMILES string of the molecule is C=CC.[Mg+2].[O-2]. The largest absolute Gasteiger partial charge is 2.00 e. The van der Waals surface area contributed by atoms with Gasteiger partial charge in [0.15, 0.2) is 0 Å². The van der Waals surface area contributed by atoms with Gasteiger partial charge < -0.3 is 5.48 Å². The zero-order chi connectivity index (χ0) is 2.71. The fourth-order valence-electron chi connectivity index (χ4n) is 0. The molecule has 0 aromatic heterocycles. The van der Waals surface area contributed by atoms with Crippen LogP contribution in [-0.4, -0.2) is 23.1 Å². The predicted molar refractivity (Wildman–Crippen MR) is 22.3 cm³/mol. The molecule has 0 heterocycles. The van der Waals surface area contributed by atoms with Crippen LogP contribution < -0.4 is 0 Å². The molecule has 0 fully saturated rings. The molecule has 1 nitrogen and oxygen atoms in total. The summed E-state index contributed by atoms with van der Waals surface area (Å²) in [6, 6.07) is 0. The molecule has 0 saturated carbocycles. The van der Waals surface area contributed by atoms with Crippen molar-refractivity contribution in [3.05, 3.63) is 12.7 Å². The molecule has 0 saturated heterocycles. The van der Waals surface area contributed by atoms with E-state index in [-0.39, 0.29) is 28.5 Å². The molecule has 2 heteroatoms. The molecule has 0 atom stereocenters. The van der Waals surface area contributed by atoms with E-state index in [1.165, 1.54) is 0 Å². The van der Waals surface area contributed by atoms with Gasteiger partial charge in [-0.1, -0.05) is 6.08 Å². The predicted octanol–water partition coefficient (Wildman–Crippen LogP) is 0.693. The quantitative estimate of drug-likeness (QED) is 0.304. The number of rotatable bonds is 0. The van der Waals surface area contributed by atoms with Gasteiger partial charge in [-0.25, -0.2) is 0 Å². The van der Waals surface area contributed by atoms with Crippen molar-refractivity contribution < 1.29 is 5.48 Å². The van der Waals surface area contributed by atoms with Gasteiger partial charge >= 0.3 is 23.1 Å². The van der Waals surface area contributed by atoms with E-state index < -0.39 is 0 Å².